The summed E-state index contributed by atoms with van der Waals surface area (Å²) in [6.45, 7) is 2.71. The fourth-order valence-corrected chi connectivity index (χ4v) is 6.16. The molecule has 0 spiro atoms. The molecule has 16 heteroatoms. The number of alkyl halides is 6. The van der Waals surface area contributed by atoms with E-state index >= 15 is 0 Å². The van der Waals surface area contributed by atoms with Gasteiger partial charge >= 0.3 is 18.4 Å². The van der Waals surface area contributed by atoms with Crippen molar-refractivity contribution in [2.45, 2.75) is 49.0 Å². The molecule has 45 heavy (non-hydrogen) atoms. The number of imide groups is 1. The predicted octanol–water partition coefficient (Wildman–Crippen LogP) is 5.12. The topological polar surface area (TPSA) is 119 Å². The van der Waals surface area contributed by atoms with E-state index in [1.807, 2.05) is 0 Å². The third kappa shape index (κ3) is 6.53. The third-order valence-corrected chi connectivity index (χ3v) is 8.84. The second-order valence-electron chi connectivity index (χ2n) is 11.1. The van der Waals surface area contributed by atoms with Crippen LogP contribution in [-0.2, 0) is 31.8 Å². The summed E-state index contributed by atoms with van der Waals surface area (Å²) in [5, 5.41) is 9.03. The number of benzene rings is 2. The molecule has 240 valence electrons. The summed E-state index contributed by atoms with van der Waals surface area (Å²) >= 11 is 0. The first-order valence-corrected chi connectivity index (χ1v) is 15.2. The number of nitriles is 1. The molecule has 0 radical (unpaired) electrons. The van der Waals surface area contributed by atoms with Crippen LogP contribution in [0.5, 0.6) is 0 Å². The zero-order valence-corrected chi connectivity index (χ0v) is 24.8. The van der Waals surface area contributed by atoms with E-state index in [0.29, 0.717) is 17.2 Å². The van der Waals surface area contributed by atoms with Crippen molar-refractivity contribution >= 4 is 33.4 Å². The molecule has 2 saturated heterocycles. The van der Waals surface area contributed by atoms with Crippen LogP contribution >= 0.6 is 0 Å². The number of urea groups is 1. The Labute approximate surface area is 254 Å². The fraction of sp³-hybridized carbons (Fsp3) is 0.379. The van der Waals surface area contributed by atoms with Crippen LogP contribution in [-0.4, -0.2) is 67.5 Å². The second-order valence-corrected chi connectivity index (χ2v) is 13.1. The first kappa shape index (κ1) is 33.5. The van der Waals surface area contributed by atoms with E-state index in [1.165, 1.54) is 43.0 Å². The van der Waals surface area contributed by atoms with Crippen molar-refractivity contribution in [2.24, 2.45) is 0 Å². The largest absolute Gasteiger partial charge is 0.417 e. The molecule has 4 rings (SSSR count). The number of halogens is 6. The number of hydrogen-bond acceptors (Lipinski definition) is 6. The van der Waals surface area contributed by atoms with Crippen molar-refractivity contribution in [2.75, 3.05) is 30.8 Å². The quantitative estimate of drug-likeness (QED) is 0.232. The van der Waals surface area contributed by atoms with E-state index in [0.717, 1.165) is 29.2 Å². The van der Waals surface area contributed by atoms with Gasteiger partial charge in [0.25, 0.3) is 5.91 Å². The molecule has 9 nitrogen and oxygen atoms in total. The minimum Gasteiger partial charge on any atom is -0.338 e. The Kier molecular flexibility index (Phi) is 8.57. The highest BCUT2D eigenvalue weighted by Gasteiger charge is 2.52. The molecule has 4 amide bonds. The first-order valence-electron chi connectivity index (χ1n) is 13.3. The molecule has 0 N–H and O–H groups in total. The molecule has 1 unspecified atom stereocenters. The van der Waals surface area contributed by atoms with Gasteiger partial charge < -0.3 is 9.80 Å². The van der Waals surface area contributed by atoms with Gasteiger partial charge in [0.1, 0.15) is 5.54 Å². The van der Waals surface area contributed by atoms with Crippen LogP contribution in [0.1, 0.15) is 48.4 Å². The summed E-state index contributed by atoms with van der Waals surface area (Å²) in [5.41, 5.74) is -4.96. The summed E-state index contributed by atoms with van der Waals surface area (Å²) in [6, 6.07) is 5.90. The van der Waals surface area contributed by atoms with Gasteiger partial charge in [-0.15, -0.1) is 0 Å². The van der Waals surface area contributed by atoms with E-state index in [4.69, 9.17) is 5.26 Å². The average Bonchev–Trinajstić information content (AvgIpc) is 3.38. The van der Waals surface area contributed by atoms with Gasteiger partial charge in [-0.05, 0) is 49.7 Å². The van der Waals surface area contributed by atoms with E-state index in [1.54, 1.807) is 0 Å². The van der Waals surface area contributed by atoms with Gasteiger partial charge in [0.15, 0.2) is 9.84 Å². The molecule has 1 atom stereocenters. The smallest absolute Gasteiger partial charge is 0.338 e. The molecular weight excluding hydrogens is 630 g/mol. The van der Waals surface area contributed by atoms with Crippen molar-refractivity contribution in [3.8, 4) is 6.07 Å². The maximum absolute atomic E-state index is 13.6. The maximum Gasteiger partial charge on any atom is 0.417 e. The molecule has 0 aromatic heterocycles. The Morgan fingerprint density at radius 3 is 2.16 bits per heavy atom. The molecule has 0 bridgehead atoms. The molecule has 2 aromatic rings. The van der Waals surface area contributed by atoms with Gasteiger partial charge in [0.2, 0.25) is 5.91 Å². The lowest BCUT2D eigenvalue weighted by molar-refractivity contribution is -0.140. The van der Waals surface area contributed by atoms with Crippen molar-refractivity contribution in [1.82, 2.24) is 9.80 Å². The van der Waals surface area contributed by atoms with Crippen LogP contribution in [0.2, 0.25) is 0 Å². The van der Waals surface area contributed by atoms with E-state index < -0.39 is 67.2 Å². The number of sulfone groups is 1. The molecule has 0 aliphatic carbocycles. The summed E-state index contributed by atoms with van der Waals surface area (Å²) in [5.74, 6) is -1.80. The predicted molar refractivity (Wildman–Crippen MR) is 147 cm³/mol. The number of carbonyl (C=O) groups excluding carboxylic acids is 3. The zero-order valence-electron chi connectivity index (χ0n) is 24.0. The highest BCUT2D eigenvalue weighted by Crippen LogP contribution is 2.39. The van der Waals surface area contributed by atoms with Crippen molar-refractivity contribution in [3.63, 3.8) is 0 Å². The Morgan fingerprint density at radius 1 is 0.956 bits per heavy atom. The number of anilines is 1. The van der Waals surface area contributed by atoms with Crippen molar-refractivity contribution in [1.29, 1.82) is 5.26 Å². The SMILES string of the molecule is CC1(C)C(=O)N(c2ccc(C#N)c(C(F)(F)F)c2)C(=O)N1CC=CCN1CC(c2ccc(S(C)(=O)=O)c(C(F)(F)F)c2)CC1=O. The minimum absolute atomic E-state index is 0.00751. The Balaban J connectivity index is 1.47. The average molecular weight is 657 g/mol. The van der Waals surface area contributed by atoms with Gasteiger partial charge in [0, 0.05) is 38.2 Å². The lowest BCUT2D eigenvalue weighted by atomic mass is 9.96. The van der Waals surface area contributed by atoms with E-state index in [2.05, 4.69) is 0 Å². The third-order valence-electron chi connectivity index (χ3n) is 7.69. The van der Waals surface area contributed by atoms with Gasteiger partial charge in [-0.25, -0.2) is 18.1 Å². The Hall–Kier alpha value is -4.39. The van der Waals surface area contributed by atoms with Gasteiger partial charge in [-0.3, -0.25) is 9.59 Å². The second kappa shape index (κ2) is 11.5. The van der Waals surface area contributed by atoms with Gasteiger partial charge in [-0.1, -0.05) is 18.2 Å². The van der Waals surface area contributed by atoms with Gasteiger partial charge in [-0.2, -0.15) is 31.6 Å². The highest BCUT2D eigenvalue weighted by atomic mass is 32.2. The number of likely N-dealkylation sites (tertiary alicyclic amines) is 1. The standard InChI is InChI=1S/C29H26F6N4O5S/c1-27(2)25(41)39(20-8-6-18(15-36)21(14-20)28(30,31)32)26(42)38(27)11-5-4-10-37-16-19(13-24(37)40)17-7-9-23(45(3,43)44)22(12-17)29(33,34)35/h4-9,12,14,19H,10-11,13,16H2,1-3H3. The summed E-state index contributed by atoms with van der Waals surface area (Å²) in [4.78, 5) is 41.2. The minimum atomic E-state index is -4.93. The molecule has 2 aromatic carbocycles. The van der Waals surface area contributed by atoms with Crippen LogP contribution in [0.4, 0.5) is 36.8 Å². The summed E-state index contributed by atoms with van der Waals surface area (Å²) in [7, 11) is -4.16. The van der Waals surface area contributed by atoms with Gasteiger partial charge in [0.05, 0.1) is 33.3 Å². The number of hydrogen-bond donors (Lipinski definition) is 0. The molecule has 2 aliphatic heterocycles. The first-order chi connectivity index (χ1) is 20.7. The monoisotopic (exact) mass is 656 g/mol. The Bertz CT molecular complexity index is 1740. The molecule has 2 fully saturated rings. The highest BCUT2D eigenvalue weighted by molar-refractivity contribution is 7.90. The molecule has 2 aliphatic rings. The van der Waals surface area contributed by atoms with Crippen LogP contribution in [0, 0.1) is 11.3 Å². The number of carbonyl (C=O) groups is 3. The van der Waals surface area contributed by atoms with Crippen LogP contribution in [0.3, 0.4) is 0 Å². The zero-order chi connectivity index (χ0) is 33.7. The van der Waals surface area contributed by atoms with Crippen LogP contribution in [0.15, 0.2) is 53.4 Å². The van der Waals surface area contributed by atoms with Crippen molar-refractivity contribution in [3.05, 3.63) is 70.8 Å². The molecule has 0 saturated carbocycles. The van der Waals surface area contributed by atoms with Crippen LogP contribution < -0.4 is 4.90 Å². The lowest BCUT2D eigenvalue weighted by Crippen LogP contribution is -2.44. The van der Waals surface area contributed by atoms with Crippen LogP contribution in [0.25, 0.3) is 0 Å². The summed E-state index contributed by atoms with van der Waals surface area (Å²) in [6.07, 6.45) is -6.30. The lowest BCUT2D eigenvalue weighted by Gasteiger charge is -2.26. The summed E-state index contributed by atoms with van der Waals surface area (Å²) < 4.78 is 105. The van der Waals surface area contributed by atoms with Crippen molar-refractivity contribution < 1.29 is 49.1 Å². The Morgan fingerprint density at radius 2 is 1.58 bits per heavy atom. The maximum atomic E-state index is 13.6. The fourth-order valence-electron chi connectivity index (χ4n) is 5.27. The molecule has 2 heterocycles. The number of nitrogens with zero attached hydrogens (tertiary/aromatic N) is 4. The normalized spacial score (nSPS) is 19.2. The number of rotatable bonds is 7. The van der Waals surface area contributed by atoms with E-state index in [-0.39, 0.29) is 43.2 Å². The number of amides is 4. The van der Waals surface area contributed by atoms with E-state index in [9.17, 15) is 49.1 Å². The molecular formula is C29H26F6N4O5S.